The van der Waals surface area contributed by atoms with Crippen LogP contribution in [0.25, 0.3) is 0 Å². The second kappa shape index (κ2) is 7.40. The molecule has 5 heteroatoms. The van der Waals surface area contributed by atoms with Crippen molar-refractivity contribution in [2.24, 2.45) is 0 Å². The van der Waals surface area contributed by atoms with Crippen LogP contribution in [0, 0.1) is 0 Å². The van der Waals surface area contributed by atoms with E-state index in [0.29, 0.717) is 16.5 Å². The maximum atomic E-state index is 11.5. The van der Waals surface area contributed by atoms with E-state index in [-0.39, 0.29) is 13.2 Å². The number of para-hydroxylation sites is 2. The van der Waals surface area contributed by atoms with Crippen molar-refractivity contribution in [2.45, 2.75) is 0 Å². The zero-order chi connectivity index (χ0) is 14.2. The number of hydrogen-bond donors (Lipinski definition) is 1. The highest BCUT2D eigenvalue weighted by Crippen LogP contribution is 2.22. The van der Waals surface area contributed by atoms with E-state index in [4.69, 9.17) is 21.1 Å². The van der Waals surface area contributed by atoms with Gasteiger partial charge in [-0.1, -0.05) is 41.9 Å². The van der Waals surface area contributed by atoms with Crippen molar-refractivity contribution in [1.82, 2.24) is 0 Å². The molecule has 0 fully saturated rings. The van der Waals surface area contributed by atoms with Crippen LogP contribution in [-0.2, 0) is 4.74 Å². The predicted octanol–water partition coefficient (Wildman–Crippen LogP) is 3.97. The minimum atomic E-state index is -0.515. The van der Waals surface area contributed by atoms with E-state index >= 15 is 0 Å². The molecule has 0 heterocycles. The number of nitrogens with one attached hydrogen (secondary N) is 1. The van der Waals surface area contributed by atoms with Gasteiger partial charge >= 0.3 is 6.09 Å². The van der Waals surface area contributed by atoms with Crippen molar-refractivity contribution in [2.75, 3.05) is 18.5 Å². The molecule has 0 spiro atoms. The van der Waals surface area contributed by atoms with E-state index in [2.05, 4.69) is 5.32 Å². The molecule has 104 valence electrons. The van der Waals surface area contributed by atoms with Crippen LogP contribution in [0.5, 0.6) is 5.75 Å². The number of benzene rings is 2. The quantitative estimate of drug-likeness (QED) is 0.848. The van der Waals surface area contributed by atoms with Gasteiger partial charge in [0.1, 0.15) is 19.0 Å². The Morgan fingerprint density at radius 2 is 1.70 bits per heavy atom. The number of hydrogen-bond acceptors (Lipinski definition) is 3. The summed E-state index contributed by atoms with van der Waals surface area (Å²) in [5.41, 5.74) is 0.685. The molecule has 0 aliphatic rings. The second-order valence-corrected chi connectivity index (χ2v) is 4.31. The minimum absolute atomic E-state index is 0.143. The molecule has 0 aromatic heterocycles. The molecule has 4 nitrogen and oxygen atoms in total. The molecule has 0 atom stereocenters. The number of halogens is 1. The molecule has 2 rings (SSSR count). The third kappa shape index (κ3) is 4.48. The smallest absolute Gasteiger partial charge is 0.411 e. The first-order chi connectivity index (χ1) is 9.75. The van der Waals surface area contributed by atoms with Gasteiger partial charge in [-0.25, -0.2) is 4.79 Å². The molecule has 0 aliphatic carbocycles. The van der Waals surface area contributed by atoms with Crippen LogP contribution in [-0.4, -0.2) is 19.3 Å². The molecule has 0 unspecified atom stereocenters. The number of ether oxygens (including phenoxy) is 2. The summed E-state index contributed by atoms with van der Waals surface area (Å²) >= 11 is 5.93. The molecule has 2 aromatic rings. The Labute approximate surface area is 122 Å². The summed E-state index contributed by atoms with van der Waals surface area (Å²) in [6.45, 7) is 0.385. The molecule has 1 amide bonds. The van der Waals surface area contributed by atoms with Gasteiger partial charge in [0.15, 0.2) is 0 Å². The van der Waals surface area contributed by atoms with Crippen molar-refractivity contribution in [1.29, 1.82) is 0 Å². The van der Waals surface area contributed by atoms with Gasteiger partial charge in [-0.05, 0) is 24.3 Å². The first-order valence-electron chi connectivity index (χ1n) is 6.12. The molecule has 0 aliphatic heterocycles. The number of carbonyl (C=O) groups excluding carboxylic acids is 1. The van der Waals surface area contributed by atoms with Gasteiger partial charge in [0.2, 0.25) is 0 Å². The van der Waals surface area contributed by atoms with Crippen molar-refractivity contribution >= 4 is 23.4 Å². The Bertz CT molecular complexity index is 560. The third-order valence-electron chi connectivity index (χ3n) is 2.43. The zero-order valence-electron chi connectivity index (χ0n) is 10.7. The Morgan fingerprint density at radius 1 is 1.00 bits per heavy atom. The molecule has 0 saturated carbocycles. The summed E-state index contributed by atoms with van der Waals surface area (Å²) in [5, 5.41) is 3.14. The molecule has 2 aromatic carbocycles. The highest BCUT2D eigenvalue weighted by molar-refractivity contribution is 6.32. The number of carbonyl (C=O) groups is 1. The van der Waals surface area contributed by atoms with Gasteiger partial charge in [0.25, 0.3) is 0 Å². The van der Waals surface area contributed by atoms with Gasteiger partial charge < -0.3 is 9.47 Å². The Balaban J connectivity index is 1.69. The molecule has 20 heavy (non-hydrogen) atoms. The minimum Gasteiger partial charge on any atom is -0.488 e. The molecule has 0 radical (unpaired) electrons. The zero-order valence-corrected chi connectivity index (χ0v) is 11.5. The lowest BCUT2D eigenvalue weighted by Crippen LogP contribution is -2.17. The molecular weight excluding hydrogens is 278 g/mol. The van der Waals surface area contributed by atoms with Gasteiger partial charge in [0, 0.05) is 5.69 Å². The van der Waals surface area contributed by atoms with Gasteiger partial charge in [0.05, 0.1) is 5.02 Å². The third-order valence-corrected chi connectivity index (χ3v) is 2.74. The van der Waals surface area contributed by atoms with E-state index in [1.807, 2.05) is 30.3 Å². The van der Waals surface area contributed by atoms with Crippen LogP contribution in [0.2, 0.25) is 5.02 Å². The summed E-state index contributed by atoms with van der Waals surface area (Å²) in [6, 6.07) is 16.2. The lowest BCUT2D eigenvalue weighted by Gasteiger charge is -2.09. The first kappa shape index (κ1) is 14.2. The molecule has 1 N–H and O–H groups in total. The standard InChI is InChI=1S/C15H14ClNO3/c16-13-8-4-5-9-14(13)19-10-11-20-15(18)17-12-6-2-1-3-7-12/h1-9H,10-11H2,(H,17,18). The van der Waals surface area contributed by atoms with E-state index in [1.54, 1.807) is 24.3 Å². The number of rotatable bonds is 5. The van der Waals surface area contributed by atoms with Crippen molar-refractivity contribution in [3.05, 3.63) is 59.6 Å². The Hall–Kier alpha value is -2.20. The highest BCUT2D eigenvalue weighted by Gasteiger charge is 2.03. The summed E-state index contributed by atoms with van der Waals surface area (Å²) in [7, 11) is 0. The van der Waals surface area contributed by atoms with Crippen LogP contribution in [0.4, 0.5) is 10.5 Å². The van der Waals surface area contributed by atoms with Crippen LogP contribution in [0.1, 0.15) is 0 Å². The summed E-state index contributed by atoms with van der Waals surface area (Å²) in [5.74, 6) is 0.571. The van der Waals surface area contributed by atoms with Crippen LogP contribution < -0.4 is 10.1 Å². The van der Waals surface area contributed by atoms with Crippen LogP contribution >= 0.6 is 11.6 Å². The lowest BCUT2D eigenvalue weighted by atomic mass is 10.3. The van der Waals surface area contributed by atoms with E-state index < -0.39 is 6.09 Å². The fraction of sp³-hybridized carbons (Fsp3) is 0.133. The fourth-order valence-electron chi connectivity index (χ4n) is 1.52. The number of amides is 1. The van der Waals surface area contributed by atoms with Crippen LogP contribution in [0.3, 0.4) is 0 Å². The van der Waals surface area contributed by atoms with Crippen molar-refractivity contribution in [3.8, 4) is 5.75 Å². The summed E-state index contributed by atoms with van der Waals surface area (Å²) < 4.78 is 10.4. The predicted molar refractivity (Wildman–Crippen MR) is 78.4 cm³/mol. The van der Waals surface area contributed by atoms with Gasteiger partial charge in [-0.15, -0.1) is 0 Å². The maximum absolute atomic E-state index is 11.5. The Kier molecular flexibility index (Phi) is 5.26. The molecular formula is C15H14ClNO3. The molecule has 0 bridgehead atoms. The lowest BCUT2D eigenvalue weighted by molar-refractivity contribution is 0.138. The summed E-state index contributed by atoms with van der Waals surface area (Å²) in [6.07, 6.45) is -0.515. The van der Waals surface area contributed by atoms with E-state index in [0.717, 1.165) is 0 Å². The topological polar surface area (TPSA) is 47.6 Å². The fourth-order valence-corrected chi connectivity index (χ4v) is 1.71. The van der Waals surface area contributed by atoms with Gasteiger partial charge in [-0.3, -0.25) is 5.32 Å². The van der Waals surface area contributed by atoms with Crippen molar-refractivity contribution in [3.63, 3.8) is 0 Å². The normalized spacial score (nSPS) is 9.85. The first-order valence-corrected chi connectivity index (χ1v) is 6.49. The SMILES string of the molecule is O=C(Nc1ccccc1)OCCOc1ccccc1Cl. The van der Waals surface area contributed by atoms with E-state index in [9.17, 15) is 4.79 Å². The van der Waals surface area contributed by atoms with Crippen molar-refractivity contribution < 1.29 is 14.3 Å². The van der Waals surface area contributed by atoms with Gasteiger partial charge in [-0.2, -0.15) is 0 Å². The average Bonchev–Trinajstić information content (AvgIpc) is 2.46. The van der Waals surface area contributed by atoms with Crippen LogP contribution in [0.15, 0.2) is 54.6 Å². The average molecular weight is 292 g/mol. The Morgan fingerprint density at radius 3 is 2.45 bits per heavy atom. The largest absolute Gasteiger partial charge is 0.488 e. The second-order valence-electron chi connectivity index (χ2n) is 3.91. The molecule has 0 saturated heterocycles. The van der Waals surface area contributed by atoms with E-state index in [1.165, 1.54) is 0 Å². The number of anilines is 1. The summed E-state index contributed by atoms with van der Waals surface area (Å²) in [4.78, 5) is 11.5. The monoisotopic (exact) mass is 291 g/mol. The highest BCUT2D eigenvalue weighted by atomic mass is 35.5. The maximum Gasteiger partial charge on any atom is 0.411 e.